The van der Waals surface area contributed by atoms with E-state index in [4.69, 9.17) is 14.2 Å². The van der Waals surface area contributed by atoms with Gasteiger partial charge >= 0.3 is 5.97 Å². The van der Waals surface area contributed by atoms with Crippen LogP contribution >= 0.6 is 0 Å². The van der Waals surface area contributed by atoms with Crippen molar-refractivity contribution in [2.24, 2.45) is 0 Å². The molecule has 1 aliphatic rings. The van der Waals surface area contributed by atoms with Crippen molar-refractivity contribution in [3.8, 4) is 5.75 Å². The minimum Gasteiger partial charge on any atom is -0.495 e. The Balaban J connectivity index is 1.65. The number of methoxy groups -OCH3 is 1. The maximum absolute atomic E-state index is 12.4. The number of benzene rings is 2. The summed E-state index contributed by atoms with van der Waals surface area (Å²) in [5, 5.41) is 32.3. The normalized spacial score (nSPS) is 25.5. The van der Waals surface area contributed by atoms with Gasteiger partial charge in [-0.3, -0.25) is 4.79 Å². The van der Waals surface area contributed by atoms with Crippen molar-refractivity contribution in [1.29, 1.82) is 0 Å². The lowest BCUT2D eigenvalue weighted by Crippen LogP contribution is -2.57. The molecular weight excluding hydrogens is 406 g/mol. The predicted octanol–water partition coefficient (Wildman–Crippen LogP) is 0.974. The number of aliphatic hydroxyl groups excluding tert-OH is 3. The number of carbonyl (C=O) groups is 2. The van der Waals surface area contributed by atoms with E-state index in [9.17, 15) is 24.9 Å². The molecular formula is C22H25NO8. The Bertz CT molecular complexity index is 919. The number of amides is 1. The number of hydrogen-bond donors (Lipinski definition) is 4. The van der Waals surface area contributed by atoms with Crippen LogP contribution in [-0.4, -0.2) is 71.4 Å². The number of nitrogens with one attached hydrogen (secondary N) is 1. The Morgan fingerprint density at radius 1 is 1.00 bits per heavy atom. The van der Waals surface area contributed by atoms with Gasteiger partial charge in [0.05, 0.1) is 24.5 Å². The molecule has 1 heterocycles. The Labute approximate surface area is 179 Å². The zero-order valence-electron chi connectivity index (χ0n) is 17.1. The third-order valence-corrected chi connectivity index (χ3v) is 5.05. The molecule has 2 aromatic rings. The molecule has 0 aliphatic carbocycles. The van der Waals surface area contributed by atoms with E-state index in [1.807, 2.05) is 0 Å². The molecule has 1 saturated heterocycles. The minimum atomic E-state index is -1.40. The maximum atomic E-state index is 12.4. The highest BCUT2D eigenvalue weighted by molar-refractivity contribution is 6.05. The summed E-state index contributed by atoms with van der Waals surface area (Å²) in [6.07, 6.45) is -5.74. The molecule has 5 atom stereocenters. The van der Waals surface area contributed by atoms with Crippen molar-refractivity contribution in [3.63, 3.8) is 0 Å². The van der Waals surface area contributed by atoms with Crippen molar-refractivity contribution in [1.82, 2.24) is 0 Å². The van der Waals surface area contributed by atoms with Crippen molar-refractivity contribution in [3.05, 3.63) is 59.7 Å². The van der Waals surface area contributed by atoms with Gasteiger partial charge in [0.25, 0.3) is 5.91 Å². The highest BCUT2D eigenvalue weighted by Crippen LogP contribution is 2.27. The monoisotopic (exact) mass is 431 g/mol. The first-order valence-corrected chi connectivity index (χ1v) is 9.73. The summed E-state index contributed by atoms with van der Waals surface area (Å²) >= 11 is 0. The third kappa shape index (κ3) is 5.20. The molecule has 2 aromatic carbocycles. The van der Waals surface area contributed by atoms with E-state index in [2.05, 4.69) is 5.32 Å². The van der Waals surface area contributed by atoms with Crippen LogP contribution in [0, 0.1) is 0 Å². The average Bonchev–Trinajstić information content (AvgIpc) is 2.79. The minimum absolute atomic E-state index is 0.161. The summed E-state index contributed by atoms with van der Waals surface area (Å²) in [7, 11) is 1.41. The van der Waals surface area contributed by atoms with Crippen LogP contribution in [0.5, 0.6) is 5.75 Å². The van der Waals surface area contributed by atoms with Crippen LogP contribution in [0.25, 0.3) is 0 Å². The van der Waals surface area contributed by atoms with Gasteiger partial charge in [0.15, 0.2) is 0 Å². The van der Waals surface area contributed by atoms with Gasteiger partial charge in [0.1, 0.15) is 36.8 Å². The Kier molecular flexibility index (Phi) is 7.24. The van der Waals surface area contributed by atoms with Crippen LogP contribution < -0.4 is 10.1 Å². The zero-order valence-corrected chi connectivity index (χ0v) is 17.1. The second kappa shape index (κ2) is 9.88. The second-order valence-electron chi connectivity index (χ2n) is 7.19. The molecule has 0 spiro atoms. The maximum Gasteiger partial charge on any atom is 0.338 e. The molecule has 1 unspecified atom stereocenters. The number of ether oxygens (including phenoxy) is 3. The lowest BCUT2D eigenvalue weighted by Gasteiger charge is -2.38. The van der Waals surface area contributed by atoms with E-state index in [-0.39, 0.29) is 23.8 Å². The first kappa shape index (κ1) is 22.7. The standard InChI is InChI=1S/C22H25NO8/c1-12-18(24)20(26)19(25)17(31-12)11-30-22(28)14-8-9-15(16(10-14)29-2)23-21(27)13-6-4-3-5-7-13/h3-10,12,17-20,24-26H,11H2,1-2H3,(H,23,27)/t12?,17-,18+,19-,20-/m1/s1. The Morgan fingerprint density at radius 3 is 2.39 bits per heavy atom. The van der Waals surface area contributed by atoms with Crippen molar-refractivity contribution < 1.29 is 39.1 Å². The SMILES string of the molecule is COc1cc(C(=O)OC[C@H]2OC(C)[C@H](O)[C@@H](O)[C@@H]2O)ccc1NC(=O)c1ccccc1. The highest BCUT2D eigenvalue weighted by atomic mass is 16.6. The Hall–Kier alpha value is -2.98. The van der Waals surface area contributed by atoms with Gasteiger partial charge in [-0.2, -0.15) is 0 Å². The summed E-state index contributed by atoms with van der Waals surface area (Å²) in [5.74, 6) is -0.768. The Morgan fingerprint density at radius 2 is 1.71 bits per heavy atom. The fourth-order valence-electron chi connectivity index (χ4n) is 3.22. The molecule has 9 nitrogen and oxygen atoms in total. The largest absolute Gasteiger partial charge is 0.495 e. The molecule has 1 fully saturated rings. The van der Waals surface area contributed by atoms with Crippen molar-refractivity contribution in [2.45, 2.75) is 37.4 Å². The molecule has 3 rings (SSSR count). The average molecular weight is 431 g/mol. The van der Waals surface area contributed by atoms with Crippen LogP contribution in [0.1, 0.15) is 27.6 Å². The molecule has 31 heavy (non-hydrogen) atoms. The molecule has 0 bridgehead atoms. The van der Waals surface area contributed by atoms with Crippen molar-refractivity contribution >= 4 is 17.6 Å². The summed E-state index contributed by atoms with van der Waals surface area (Å²) in [6, 6.07) is 13.0. The highest BCUT2D eigenvalue weighted by Gasteiger charge is 2.42. The van der Waals surface area contributed by atoms with E-state index in [0.717, 1.165) is 0 Å². The number of carbonyl (C=O) groups excluding carboxylic acids is 2. The van der Waals surface area contributed by atoms with E-state index in [1.54, 1.807) is 37.3 Å². The van der Waals surface area contributed by atoms with Crippen LogP contribution in [0.2, 0.25) is 0 Å². The van der Waals surface area contributed by atoms with Crippen LogP contribution in [0.3, 0.4) is 0 Å². The summed E-state index contributed by atoms with van der Waals surface area (Å²) in [5.41, 5.74) is 1.01. The second-order valence-corrected chi connectivity index (χ2v) is 7.19. The molecule has 4 N–H and O–H groups in total. The molecule has 9 heteroatoms. The molecule has 1 aliphatic heterocycles. The van der Waals surface area contributed by atoms with Crippen LogP contribution in [-0.2, 0) is 9.47 Å². The van der Waals surface area contributed by atoms with Gasteiger partial charge in [-0.1, -0.05) is 18.2 Å². The van der Waals surface area contributed by atoms with E-state index >= 15 is 0 Å². The van der Waals surface area contributed by atoms with Gasteiger partial charge in [-0.15, -0.1) is 0 Å². The molecule has 1 amide bonds. The lowest BCUT2D eigenvalue weighted by molar-refractivity contribution is -0.224. The van der Waals surface area contributed by atoms with Crippen LogP contribution in [0.15, 0.2) is 48.5 Å². The molecule has 0 saturated carbocycles. The molecule has 0 radical (unpaired) electrons. The summed E-state index contributed by atoms with van der Waals surface area (Å²) < 4.78 is 15.9. The van der Waals surface area contributed by atoms with E-state index in [1.165, 1.54) is 25.3 Å². The van der Waals surface area contributed by atoms with Gasteiger partial charge in [-0.25, -0.2) is 4.79 Å². The number of aliphatic hydroxyl groups is 3. The number of anilines is 1. The summed E-state index contributed by atoms with van der Waals surface area (Å²) in [6.45, 7) is 1.23. The number of hydrogen-bond acceptors (Lipinski definition) is 8. The number of esters is 1. The lowest BCUT2D eigenvalue weighted by atomic mass is 9.96. The third-order valence-electron chi connectivity index (χ3n) is 5.05. The van der Waals surface area contributed by atoms with E-state index < -0.39 is 36.5 Å². The fraction of sp³-hybridized carbons (Fsp3) is 0.364. The van der Waals surface area contributed by atoms with Gasteiger partial charge in [0.2, 0.25) is 0 Å². The smallest absolute Gasteiger partial charge is 0.338 e. The number of rotatable bonds is 6. The topological polar surface area (TPSA) is 135 Å². The van der Waals surface area contributed by atoms with Crippen molar-refractivity contribution in [2.75, 3.05) is 19.0 Å². The van der Waals surface area contributed by atoms with E-state index in [0.29, 0.717) is 11.3 Å². The zero-order chi connectivity index (χ0) is 22.5. The predicted molar refractivity (Wildman–Crippen MR) is 110 cm³/mol. The molecule has 0 aromatic heterocycles. The quantitative estimate of drug-likeness (QED) is 0.497. The fourth-order valence-corrected chi connectivity index (χ4v) is 3.22. The van der Waals surface area contributed by atoms with Gasteiger partial charge < -0.3 is 34.8 Å². The van der Waals surface area contributed by atoms with Gasteiger partial charge in [-0.05, 0) is 37.3 Å². The van der Waals surface area contributed by atoms with Crippen LogP contribution in [0.4, 0.5) is 5.69 Å². The first-order valence-electron chi connectivity index (χ1n) is 9.73. The molecule has 166 valence electrons. The first-order chi connectivity index (χ1) is 14.8. The summed E-state index contributed by atoms with van der Waals surface area (Å²) in [4.78, 5) is 24.8. The van der Waals surface area contributed by atoms with Gasteiger partial charge in [0, 0.05) is 5.56 Å².